The number of nitrogens with one attached hydrogen (secondary N) is 2. The molecule has 0 radical (unpaired) electrons. The number of aromatic nitrogens is 3. The zero-order valence-electron chi connectivity index (χ0n) is 15.1. The number of hydrogen-bond acceptors (Lipinski definition) is 6. The van der Waals surface area contributed by atoms with Gasteiger partial charge in [0.1, 0.15) is 22.9 Å². The van der Waals surface area contributed by atoms with Crippen LogP contribution in [0.3, 0.4) is 0 Å². The summed E-state index contributed by atoms with van der Waals surface area (Å²) < 4.78 is 32.1. The Labute approximate surface area is 158 Å². The van der Waals surface area contributed by atoms with Gasteiger partial charge in [0.05, 0.1) is 11.1 Å². The first kappa shape index (κ1) is 17.1. The van der Waals surface area contributed by atoms with Crippen molar-refractivity contribution in [2.75, 3.05) is 11.1 Å². The first-order chi connectivity index (χ1) is 13.3. The molecule has 0 bridgehead atoms. The summed E-state index contributed by atoms with van der Waals surface area (Å²) >= 11 is 0. The Morgan fingerprint density at radius 1 is 1.21 bits per heavy atom. The van der Waals surface area contributed by atoms with Crippen LogP contribution in [0.15, 0.2) is 11.0 Å². The Bertz CT molecular complexity index is 1100. The average Bonchev–Trinajstić information content (AvgIpc) is 2.91. The molecule has 1 fully saturated rings. The van der Waals surface area contributed by atoms with Crippen molar-refractivity contribution in [1.82, 2.24) is 19.9 Å². The maximum absolute atomic E-state index is 15.4. The van der Waals surface area contributed by atoms with Crippen molar-refractivity contribution in [1.29, 1.82) is 0 Å². The number of pyridine rings is 1. The summed E-state index contributed by atoms with van der Waals surface area (Å²) in [6.07, 6.45) is 4.82. The van der Waals surface area contributed by atoms with Crippen LogP contribution in [-0.4, -0.2) is 20.4 Å². The lowest BCUT2D eigenvalue weighted by atomic mass is 9.88. The van der Waals surface area contributed by atoms with E-state index in [-0.39, 0.29) is 28.7 Å². The Morgan fingerprint density at radius 3 is 2.64 bits per heavy atom. The normalized spacial score (nSPS) is 20.8. The number of nitrogens with two attached hydrogens (primary N) is 1. The summed E-state index contributed by atoms with van der Waals surface area (Å²) in [5.41, 5.74) is 2.85. The summed E-state index contributed by atoms with van der Waals surface area (Å²) in [6.45, 7) is 1.45. The quantitative estimate of drug-likeness (QED) is 0.637. The highest BCUT2D eigenvalue weighted by Gasteiger charge is 2.51. The second-order valence-corrected chi connectivity index (χ2v) is 7.60. The van der Waals surface area contributed by atoms with Crippen LogP contribution in [0.2, 0.25) is 0 Å². The number of carbonyl (C=O) groups is 1. The van der Waals surface area contributed by atoms with Gasteiger partial charge in [0.2, 0.25) is 5.95 Å². The van der Waals surface area contributed by atoms with E-state index in [1.165, 1.54) is 11.5 Å². The molecule has 5 rings (SSSR count). The van der Waals surface area contributed by atoms with E-state index in [0.29, 0.717) is 12.8 Å². The Morgan fingerprint density at radius 2 is 1.93 bits per heavy atom. The zero-order chi connectivity index (χ0) is 19.8. The second-order valence-electron chi connectivity index (χ2n) is 7.60. The molecule has 2 aliphatic heterocycles. The maximum atomic E-state index is 15.4. The Kier molecular flexibility index (Phi) is 3.22. The molecular formula is C18H18F2N6O2. The summed E-state index contributed by atoms with van der Waals surface area (Å²) in [7, 11) is 0. The van der Waals surface area contributed by atoms with Crippen LogP contribution in [0.5, 0.6) is 0 Å². The standard InChI is InChI=1S/C18H18F2N6O2/c1-8-10-11(23-13-9(18(10,19)20)7-22-16(21)24-13)15(28)26-12(8)14(27)25-17(26)5-3-2-4-6-17/h7H,2-6H2,1H3,(H,25,27)(H3,21,22,23,24). The molecule has 0 aromatic carbocycles. The van der Waals surface area contributed by atoms with E-state index in [9.17, 15) is 9.59 Å². The molecule has 4 N–H and O–H groups in total. The summed E-state index contributed by atoms with van der Waals surface area (Å²) in [4.78, 5) is 33.6. The van der Waals surface area contributed by atoms with Gasteiger partial charge in [0.15, 0.2) is 0 Å². The second kappa shape index (κ2) is 5.27. The number of alkyl halides is 2. The Balaban J connectivity index is 1.83. The van der Waals surface area contributed by atoms with Crippen molar-refractivity contribution < 1.29 is 13.6 Å². The lowest BCUT2D eigenvalue weighted by molar-refractivity contribution is 0.0411. The third kappa shape index (κ3) is 1.97. The minimum Gasteiger partial charge on any atom is -0.368 e. The SMILES string of the molecule is Cc1c2c(c(=O)n3c1C(=O)NC31CCCCC1)Nc1nc(N)ncc1C2(F)F. The minimum absolute atomic E-state index is 0.00642. The van der Waals surface area contributed by atoms with Crippen LogP contribution in [-0.2, 0) is 11.6 Å². The lowest BCUT2D eigenvalue weighted by Gasteiger charge is -2.36. The molecule has 4 heterocycles. The predicted octanol–water partition coefficient (Wildman–Crippen LogP) is 2.09. The van der Waals surface area contributed by atoms with Gasteiger partial charge in [0.25, 0.3) is 11.5 Å². The van der Waals surface area contributed by atoms with Crippen molar-refractivity contribution in [3.05, 3.63) is 38.9 Å². The van der Waals surface area contributed by atoms with Gasteiger partial charge in [-0.3, -0.25) is 14.2 Å². The largest absolute Gasteiger partial charge is 0.368 e. The summed E-state index contributed by atoms with van der Waals surface area (Å²) in [5.74, 6) is -4.40. The van der Waals surface area contributed by atoms with Gasteiger partial charge >= 0.3 is 5.92 Å². The van der Waals surface area contributed by atoms with E-state index in [2.05, 4.69) is 20.6 Å². The van der Waals surface area contributed by atoms with E-state index in [4.69, 9.17) is 5.73 Å². The van der Waals surface area contributed by atoms with Gasteiger partial charge < -0.3 is 16.4 Å². The number of nitrogen functional groups attached to an aromatic ring is 1. The van der Waals surface area contributed by atoms with Crippen molar-refractivity contribution >= 4 is 23.4 Å². The number of halogens is 2. The third-order valence-corrected chi connectivity index (χ3v) is 5.99. The summed E-state index contributed by atoms with van der Waals surface area (Å²) in [6, 6.07) is 0. The first-order valence-electron chi connectivity index (χ1n) is 9.17. The fourth-order valence-corrected chi connectivity index (χ4v) is 4.77. The van der Waals surface area contributed by atoms with Crippen LogP contribution in [0.4, 0.5) is 26.2 Å². The molecule has 146 valence electrons. The first-order valence-corrected chi connectivity index (χ1v) is 9.17. The van der Waals surface area contributed by atoms with Crippen LogP contribution in [0, 0.1) is 6.92 Å². The molecule has 1 aliphatic carbocycles. The lowest BCUT2D eigenvalue weighted by Crippen LogP contribution is -2.49. The molecule has 1 spiro atoms. The van der Waals surface area contributed by atoms with Crippen LogP contribution in [0.1, 0.15) is 59.3 Å². The number of anilines is 3. The van der Waals surface area contributed by atoms with Crippen LogP contribution >= 0.6 is 0 Å². The highest BCUT2D eigenvalue weighted by Crippen LogP contribution is 2.49. The highest BCUT2D eigenvalue weighted by atomic mass is 19.3. The smallest absolute Gasteiger partial charge is 0.306 e. The number of nitrogens with zero attached hydrogens (tertiary/aromatic N) is 3. The topological polar surface area (TPSA) is 115 Å². The number of fused-ring (bicyclic) bond motifs is 4. The number of carbonyl (C=O) groups excluding carboxylic acids is 1. The molecule has 0 atom stereocenters. The number of amides is 1. The van der Waals surface area contributed by atoms with Gasteiger partial charge in [-0.2, -0.15) is 13.8 Å². The average molecular weight is 388 g/mol. The maximum Gasteiger partial charge on any atom is 0.306 e. The molecule has 8 nitrogen and oxygen atoms in total. The van der Waals surface area contributed by atoms with E-state index in [1.807, 2.05) is 0 Å². The van der Waals surface area contributed by atoms with Crippen molar-refractivity contribution in [3.63, 3.8) is 0 Å². The number of rotatable bonds is 0. The fraction of sp³-hybridized carbons (Fsp3) is 0.444. The molecule has 10 heteroatoms. The third-order valence-electron chi connectivity index (χ3n) is 5.99. The van der Waals surface area contributed by atoms with E-state index >= 15 is 8.78 Å². The summed E-state index contributed by atoms with van der Waals surface area (Å²) in [5, 5.41) is 5.63. The van der Waals surface area contributed by atoms with Crippen molar-refractivity contribution in [2.45, 2.75) is 50.6 Å². The molecule has 0 saturated heterocycles. The van der Waals surface area contributed by atoms with Gasteiger partial charge in [-0.15, -0.1) is 0 Å². The van der Waals surface area contributed by atoms with E-state index in [1.54, 1.807) is 0 Å². The number of hydrogen-bond donors (Lipinski definition) is 3. The van der Waals surface area contributed by atoms with E-state index < -0.39 is 34.2 Å². The van der Waals surface area contributed by atoms with Gasteiger partial charge in [-0.1, -0.05) is 6.42 Å². The molecule has 1 amide bonds. The van der Waals surface area contributed by atoms with Gasteiger partial charge in [-0.05, 0) is 38.2 Å². The zero-order valence-corrected chi connectivity index (χ0v) is 15.1. The fourth-order valence-electron chi connectivity index (χ4n) is 4.77. The minimum atomic E-state index is -3.54. The Hall–Kier alpha value is -3.04. The molecule has 1 saturated carbocycles. The molecule has 3 aliphatic rings. The highest BCUT2D eigenvalue weighted by molar-refractivity contribution is 5.98. The predicted molar refractivity (Wildman–Crippen MR) is 96.7 cm³/mol. The van der Waals surface area contributed by atoms with Crippen molar-refractivity contribution in [3.8, 4) is 0 Å². The van der Waals surface area contributed by atoms with E-state index in [0.717, 1.165) is 25.5 Å². The van der Waals surface area contributed by atoms with Gasteiger partial charge in [0, 0.05) is 6.20 Å². The molecule has 2 aromatic rings. The van der Waals surface area contributed by atoms with Crippen LogP contribution in [0.25, 0.3) is 0 Å². The van der Waals surface area contributed by atoms with Gasteiger partial charge in [-0.25, -0.2) is 4.98 Å². The van der Waals surface area contributed by atoms with Crippen LogP contribution < -0.4 is 21.9 Å². The monoisotopic (exact) mass is 388 g/mol. The molecule has 2 aromatic heterocycles. The molecule has 0 unspecified atom stereocenters. The molecular weight excluding hydrogens is 370 g/mol. The molecule has 28 heavy (non-hydrogen) atoms. The van der Waals surface area contributed by atoms with Crippen molar-refractivity contribution in [2.24, 2.45) is 0 Å².